The summed E-state index contributed by atoms with van der Waals surface area (Å²) < 4.78 is 39.6. The molecule has 0 aliphatic rings. The molecule has 20 heavy (non-hydrogen) atoms. The van der Waals surface area contributed by atoms with Crippen molar-refractivity contribution in [2.24, 2.45) is 0 Å². The topological polar surface area (TPSA) is 66.5 Å². The zero-order chi connectivity index (χ0) is 14.3. The van der Waals surface area contributed by atoms with Gasteiger partial charge < -0.3 is 5.32 Å². The Morgan fingerprint density at radius 1 is 1.10 bits per heavy atom. The highest BCUT2D eigenvalue weighted by molar-refractivity contribution is 6.28. The minimum Gasteiger partial charge on any atom is -0.337 e. The van der Waals surface area contributed by atoms with Gasteiger partial charge in [0.15, 0.2) is 23.1 Å². The number of aromatic nitrogens is 4. The molecule has 0 amide bonds. The van der Waals surface area contributed by atoms with Gasteiger partial charge in [-0.3, -0.25) is 5.10 Å². The summed E-state index contributed by atoms with van der Waals surface area (Å²) in [6, 6.07) is 1.85. The Kier molecular flexibility index (Phi) is 2.94. The number of nitrogens with zero attached hydrogens (tertiary/aromatic N) is 3. The van der Waals surface area contributed by atoms with Crippen molar-refractivity contribution in [1.82, 2.24) is 20.2 Å². The first-order valence-corrected chi connectivity index (χ1v) is 5.71. The maximum atomic E-state index is 13.6. The number of benzene rings is 1. The Morgan fingerprint density at radius 2 is 1.90 bits per heavy atom. The number of nitrogens with one attached hydrogen (secondary N) is 2. The van der Waals surface area contributed by atoms with E-state index >= 15 is 0 Å². The number of halogens is 4. The van der Waals surface area contributed by atoms with Crippen LogP contribution in [-0.4, -0.2) is 20.2 Å². The molecule has 0 saturated carbocycles. The minimum absolute atomic E-state index is 0.104. The van der Waals surface area contributed by atoms with E-state index in [0.717, 1.165) is 12.1 Å². The van der Waals surface area contributed by atoms with Crippen molar-refractivity contribution < 1.29 is 13.2 Å². The van der Waals surface area contributed by atoms with Gasteiger partial charge in [0.05, 0.1) is 17.3 Å². The molecule has 0 radical (unpaired) electrons. The van der Waals surface area contributed by atoms with Gasteiger partial charge in [0, 0.05) is 0 Å². The standard InChI is InChI=1S/C11H5ClF3N5/c12-11-18-9(4-3-16-20-10(4)19-11)17-6-2-1-5(13)7(14)8(6)15/h1-3H,(H2,16,17,18,19,20). The first-order valence-electron chi connectivity index (χ1n) is 5.33. The second-order valence-corrected chi connectivity index (χ2v) is 4.16. The monoisotopic (exact) mass is 299 g/mol. The molecule has 0 aliphatic carbocycles. The third kappa shape index (κ3) is 2.03. The lowest BCUT2D eigenvalue weighted by atomic mass is 10.2. The third-order valence-corrected chi connectivity index (χ3v) is 2.74. The van der Waals surface area contributed by atoms with Crippen LogP contribution in [0.1, 0.15) is 0 Å². The van der Waals surface area contributed by atoms with Crippen molar-refractivity contribution >= 4 is 34.1 Å². The van der Waals surface area contributed by atoms with E-state index in [-0.39, 0.29) is 16.8 Å². The van der Waals surface area contributed by atoms with Gasteiger partial charge in [-0.15, -0.1) is 0 Å². The van der Waals surface area contributed by atoms with Crippen LogP contribution in [0.15, 0.2) is 18.3 Å². The largest absolute Gasteiger partial charge is 0.337 e. The Bertz CT molecular complexity index is 804. The summed E-state index contributed by atoms with van der Waals surface area (Å²) in [4.78, 5) is 7.72. The molecular formula is C11H5ClF3N5. The van der Waals surface area contributed by atoms with Crippen molar-refractivity contribution in [3.8, 4) is 0 Å². The van der Waals surface area contributed by atoms with Gasteiger partial charge in [-0.25, -0.2) is 13.2 Å². The fourth-order valence-electron chi connectivity index (χ4n) is 1.65. The summed E-state index contributed by atoms with van der Waals surface area (Å²) in [6.07, 6.45) is 1.39. The van der Waals surface area contributed by atoms with Gasteiger partial charge in [-0.2, -0.15) is 15.1 Å². The summed E-state index contributed by atoms with van der Waals surface area (Å²) in [7, 11) is 0. The number of aromatic amines is 1. The van der Waals surface area contributed by atoms with E-state index < -0.39 is 17.5 Å². The third-order valence-electron chi connectivity index (χ3n) is 2.57. The van der Waals surface area contributed by atoms with Crippen LogP contribution in [0.25, 0.3) is 11.0 Å². The quantitative estimate of drug-likeness (QED) is 0.563. The van der Waals surface area contributed by atoms with E-state index in [0.29, 0.717) is 11.0 Å². The van der Waals surface area contributed by atoms with E-state index in [4.69, 9.17) is 11.6 Å². The number of anilines is 2. The zero-order valence-electron chi connectivity index (χ0n) is 9.59. The molecule has 2 aromatic heterocycles. The van der Waals surface area contributed by atoms with Gasteiger partial charge >= 0.3 is 0 Å². The first kappa shape index (κ1) is 12.7. The Morgan fingerprint density at radius 3 is 2.70 bits per heavy atom. The predicted molar refractivity (Wildman–Crippen MR) is 66.3 cm³/mol. The fourth-order valence-corrected chi connectivity index (χ4v) is 1.82. The molecule has 0 atom stereocenters. The molecule has 0 saturated heterocycles. The predicted octanol–water partition coefficient (Wildman–Crippen LogP) is 3.17. The van der Waals surface area contributed by atoms with Gasteiger partial charge in [0.1, 0.15) is 5.82 Å². The lowest BCUT2D eigenvalue weighted by Gasteiger charge is -2.08. The van der Waals surface area contributed by atoms with Gasteiger partial charge in [-0.1, -0.05) is 0 Å². The Hall–Kier alpha value is -2.35. The fraction of sp³-hybridized carbons (Fsp3) is 0. The first-order chi connectivity index (χ1) is 9.56. The van der Waals surface area contributed by atoms with Crippen LogP contribution < -0.4 is 5.32 Å². The van der Waals surface area contributed by atoms with E-state index in [9.17, 15) is 13.2 Å². The van der Waals surface area contributed by atoms with Crippen molar-refractivity contribution in [2.45, 2.75) is 0 Å². The molecule has 9 heteroatoms. The zero-order valence-corrected chi connectivity index (χ0v) is 10.3. The summed E-state index contributed by atoms with van der Waals surface area (Å²) in [5.74, 6) is -4.07. The highest BCUT2D eigenvalue weighted by Crippen LogP contribution is 2.27. The van der Waals surface area contributed by atoms with Crippen LogP contribution in [0.5, 0.6) is 0 Å². The molecule has 0 bridgehead atoms. The van der Waals surface area contributed by atoms with Gasteiger partial charge in [-0.05, 0) is 23.7 Å². The molecular weight excluding hydrogens is 295 g/mol. The van der Waals surface area contributed by atoms with Crippen molar-refractivity contribution in [3.63, 3.8) is 0 Å². The number of H-pyrrole nitrogens is 1. The highest BCUT2D eigenvalue weighted by atomic mass is 35.5. The van der Waals surface area contributed by atoms with Crippen molar-refractivity contribution in [3.05, 3.63) is 41.1 Å². The SMILES string of the molecule is Fc1ccc(Nc2nc(Cl)nc3[nH]ncc23)c(F)c1F. The summed E-state index contributed by atoms with van der Waals surface area (Å²) in [6.45, 7) is 0. The molecule has 0 fully saturated rings. The maximum absolute atomic E-state index is 13.6. The summed E-state index contributed by atoms with van der Waals surface area (Å²) in [5.41, 5.74) is 0.0525. The van der Waals surface area contributed by atoms with Crippen LogP contribution in [0, 0.1) is 17.5 Å². The van der Waals surface area contributed by atoms with Crippen LogP contribution in [0.4, 0.5) is 24.7 Å². The van der Waals surface area contributed by atoms with Crippen LogP contribution in [-0.2, 0) is 0 Å². The van der Waals surface area contributed by atoms with E-state index in [1.807, 2.05) is 0 Å². The summed E-state index contributed by atoms with van der Waals surface area (Å²) >= 11 is 5.71. The molecule has 3 rings (SSSR count). The Labute approximate surface area is 114 Å². The smallest absolute Gasteiger partial charge is 0.226 e. The number of hydrogen-bond acceptors (Lipinski definition) is 4. The van der Waals surface area contributed by atoms with E-state index in [1.165, 1.54) is 6.20 Å². The molecule has 0 aliphatic heterocycles. The number of hydrogen-bond donors (Lipinski definition) is 2. The molecule has 2 heterocycles. The number of rotatable bonds is 2. The molecule has 2 N–H and O–H groups in total. The molecule has 3 aromatic rings. The summed E-state index contributed by atoms with van der Waals surface area (Å²) in [5, 5.41) is 9.17. The molecule has 5 nitrogen and oxygen atoms in total. The van der Waals surface area contributed by atoms with Crippen LogP contribution in [0.3, 0.4) is 0 Å². The van der Waals surface area contributed by atoms with Crippen LogP contribution in [0.2, 0.25) is 5.28 Å². The van der Waals surface area contributed by atoms with E-state index in [1.54, 1.807) is 0 Å². The normalized spacial score (nSPS) is 11.0. The average molecular weight is 300 g/mol. The maximum Gasteiger partial charge on any atom is 0.226 e. The second-order valence-electron chi connectivity index (χ2n) is 3.82. The molecule has 1 aromatic carbocycles. The lowest BCUT2D eigenvalue weighted by Crippen LogP contribution is -2.01. The van der Waals surface area contributed by atoms with Crippen molar-refractivity contribution in [1.29, 1.82) is 0 Å². The number of fused-ring (bicyclic) bond motifs is 1. The molecule has 0 spiro atoms. The average Bonchev–Trinajstić information content (AvgIpc) is 2.87. The molecule has 0 unspecified atom stereocenters. The van der Waals surface area contributed by atoms with Crippen LogP contribution >= 0.6 is 11.6 Å². The van der Waals surface area contributed by atoms with E-state index in [2.05, 4.69) is 25.5 Å². The molecule has 102 valence electrons. The van der Waals surface area contributed by atoms with Gasteiger partial charge in [0.2, 0.25) is 5.28 Å². The highest BCUT2D eigenvalue weighted by Gasteiger charge is 2.16. The van der Waals surface area contributed by atoms with Crippen molar-refractivity contribution in [2.75, 3.05) is 5.32 Å². The lowest BCUT2D eigenvalue weighted by molar-refractivity contribution is 0.449. The minimum atomic E-state index is -1.57. The Balaban J connectivity index is 2.10. The van der Waals surface area contributed by atoms with Gasteiger partial charge in [0.25, 0.3) is 0 Å². The second kappa shape index (κ2) is 4.64.